The van der Waals surface area contributed by atoms with E-state index in [9.17, 15) is 4.79 Å². The molecule has 1 amide bonds. The van der Waals surface area contributed by atoms with Crippen molar-refractivity contribution in [3.05, 3.63) is 51.8 Å². The Morgan fingerprint density at radius 2 is 1.97 bits per heavy atom. The van der Waals surface area contributed by atoms with Gasteiger partial charge in [0.05, 0.1) is 18.3 Å². The van der Waals surface area contributed by atoms with E-state index in [2.05, 4.69) is 32.8 Å². The normalized spacial score (nSPS) is 17.6. The van der Waals surface area contributed by atoms with Gasteiger partial charge in [-0.05, 0) is 49.8 Å². The van der Waals surface area contributed by atoms with E-state index in [1.165, 1.54) is 5.56 Å². The highest BCUT2D eigenvalue weighted by atomic mass is 32.1. The van der Waals surface area contributed by atoms with Crippen LogP contribution in [0, 0.1) is 27.7 Å². The zero-order valence-corrected chi connectivity index (χ0v) is 18.2. The van der Waals surface area contributed by atoms with E-state index in [-0.39, 0.29) is 11.9 Å². The van der Waals surface area contributed by atoms with Crippen LogP contribution < -0.4 is 10.6 Å². The lowest BCUT2D eigenvalue weighted by Gasteiger charge is -2.33. The molecule has 6 nitrogen and oxygen atoms in total. The predicted octanol–water partition coefficient (Wildman–Crippen LogP) is 3.51. The highest BCUT2D eigenvalue weighted by molar-refractivity contribution is 7.16. The van der Waals surface area contributed by atoms with Gasteiger partial charge in [-0.3, -0.25) is 9.69 Å². The van der Waals surface area contributed by atoms with Crippen molar-refractivity contribution in [3.63, 3.8) is 0 Å². The number of nitrogens with one attached hydrogen (secondary N) is 2. The third-order valence-corrected chi connectivity index (χ3v) is 6.45. The average molecular weight is 410 g/mol. The minimum Gasteiger partial charge on any atom is -0.324 e. The number of para-hydroxylation sites is 1. The molecule has 1 saturated heterocycles. The Morgan fingerprint density at radius 1 is 1.21 bits per heavy atom. The summed E-state index contributed by atoms with van der Waals surface area (Å²) < 4.78 is 0. The molecule has 0 aliphatic carbocycles. The molecule has 0 spiro atoms. The van der Waals surface area contributed by atoms with Gasteiger partial charge in [0.25, 0.3) is 0 Å². The molecule has 29 heavy (non-hydrogen) atoms. The number of hydrogen-bond acceptors (Lipinski definition) is 6. The summed E-state index contributed by atoms with van der Waals surface area (Å²) in [5, 5.41) is 9.98. The number of rotatable bonds is 4. The molecule has 7 heteroatoms. The van der Waals surface area contributed by atoms with E-state index in [0.29, 0.717) is 6.54 Å². The van der Waals surface area contributed by atoms with Crippen LogP contribution in [0.15, 0.2) is 23.6 Å². The van der Waals surface area contributed by atoms with Gasteiger partial charge in [0.2, 0.25) is 5.91 Å². The van der Waals surface area contributed by atoms with Crippen LogP contribution >= 0.6 is 11.3 Å². The van der Waals surface area contributed by atoms with Gasteiger partial charge >= 0.3 is 0 Å². The van der Waals surface area contributed by atoms with Gasteiger partial charge in [0.1, 0.15) is 10.7 Å². The number of thiophene rings is 1. The molecule has 1 unspecified atom stereocenters. The van der Waals surface area contributed by atoms with Crippen molar-refractivity contribution in [1.29, 1.82) is 0 Å². The molecular weight excluding hydrogens is 382 g/mol. The Kier molecular flexibility index (Phi) is 5.63. The van der Waals surface area contributed by atoms with Crippen molar-refractivity contribution in [1.82, 2.24) is 20.2 Å². The number of amides is 1. The Labute approximate surface area is 175 Å². The van der Waals surface area contributed by atoms with E-state index in [4.69, 9.17) is 4.98 Å². The molecule has 1 atom stereocenters. The molecule has 2 N–H and O–H groups in total. The van der Waals surface area contributed by atoms with Crippen LogP contribution in [0.2, 0.25) is 0 Å². The summed E-state index contributed by atoms with van der Waals surface area (Å²) >= 11 is 1.67. The fourth-order valence-corrected chi connectivity index (χ4v) is 4.98. The molecule has 1 fully saturated rings. The van der Waals surface area contributed by atoms with Crippen LogP contribution in [-0.4, -0.2) is 47.0 Å². The highest BCUT2D eigenvalue weighted by Crippen LogP contribution is 2.30. The zero-order chi connectivity index (χ0) is 20.5. The van der Waals surface area contributed by atoms with Crippen LogP contribution in [0.5, 0.6) is 0 Å². The number of piperazine rings is 1. The average Bonchev–Trinajstić information content (AvgIpc) is 3.05. The second-order valence-electron chi connectivity index (χ2n) is 7.81. The number of aryl methyl sites for hydroxylation is 4. The number of hydrogen-bond donors (Lipinski definition) is 2. The quantitative estimate of drug-likeness (QED) is 0.690. The summed E-state index contributed by atoms with van der Waals surface area (Å²) in [6.45, 7) is 10.9. The Hall–Kier alpha value is -2.35. The second kappa shape index (κ2) is 8.18. The Balaban J connectivity index is 1.49. The number of carbonyl (C=O) groups excluding carboxylic acids is 1. The van der Waals surface area contributed by atoms with Crippen LogP contribution in [0.4, 0.5) is 5.69 Å². The molecule has 1 aliphatic heterocycles. The maximum atomic E-state index is 12.7. The standard InChI is InChI=1S/C22H27N5OS/c1-13-6-5-7-14(2)20(13)26-18(28)11-27-9-8-23-17(10-27)21-19-15(3)12-29-22(19)25-16(4)24-21/h5-7,12,17,23H,8-11H2,1-4H3,(H,26,28). The van der Waals surface area contributed by atoms with Crippen molar-refractivity contribution in [3.8, 4) is 0 Å². The van der Waals surface area contributed by atoms with Crippen LogP contribution in [-0.2, 0) is 4.79 Å². The molecule has 0 bridgehead atoms. The maximum absolute atomic E-state index is 12.7. The first-order chi connectivity index (χ1) is 13.9. The lowest BCUT2D eigenvalue weighted by atomic mass is 10.1. The van der Waals surface area contributed by atoms with E-state index in [1.807, 2.05) is 39.0 Å². The molecule has 1 aromatic carbocycles. The van der Waals surface area contributed by atoms with Crippen LogP contribution in [0.25, 0.3) is 10.2 Å². The highest BCUT2D eigenvalue weighted by Gasteiger charge is 2.26. The van der Waals surface area contributed by atoms with E-state index >= 15 is 0 Å². The second-order valence-corrected chi connectivity index (χ2v) is 8.67. The Bertz CT molecular complexity index is 1040. The largest absolute Gasteiger partial charge is 0.324 e. The van der Waals surface area contributed by atoms with Gasteiger partial charge < -0.3 is 10.6 Å². The van der Waals surface area contributed by atoms with Gasteiger partial charge in [-0.15, -0.1) is 11.3 Å². The fraction of sp³-hybridized carbons (Fsp3) is 0.409. The van der Waals surface area contributed by atoms with Crippen molar-refractivity contribution in [2.75, 3.05) is 31.5 Å². The lowest BCUT2D eigenvalue weighted by molar-refractivity contribution is -0.117. The number of fused-ring (bicyclic) bond motifs is 1. The summed E-state index contributed by atoms with van der Waals surface area (Å²) in [6.07, 6.45) is 0. The van der Waals surface area contributed by atoms with Gasteiger partial charge in [-0.25, -0.2) is 9.97 Å². The van der Waals surface area contributed by atoms with Gasteiger partial charge in [-0.2, -0.15) is 0 Å². The Morgan fingerprint density at radius 3 is 2.72 bits per heavy atom. The molecular formula is C22H27N5OS. The lowest BCUT2D eigenvalue weighted by Crippen LogP contribution is -2.48. The van der Waals surface area contributed by atoms with Crippen LogP contribution in [0.3, 0.4) is 0 Å². The molecule has 0 radical (unpaired) electrons. The molecule has 3 heterocycles. The van der Waals surface area contributed by atoms with Crippen molar-refractivity contribution < 1.29 is 4.79 Å². The number of benzene rings is 1. The first-order valence-electron chi connectivity index (χ1n) is 9.96. The van der Waals surface area contributed by atoms with Crippen molar-refractivity contribution in [2.24, 2.45) is 0 Å². The first-order valence-corrected chi connectivity index (χ1v) is 10.8. The number of aromatic nitrogens is 2. The summed E-state index contributed by atoms with van der Waals surface area (Å²) in [7, 11) is 0. The first kappa shape index (κ1) is 19.9. The number of carbonyl (C=O) groups is 1. The van der Waals surface area contributed by atoms with E-state index in [1.54, 1.807) is 11.3 Å². The number of anilines is 1. The fourth-order valence-electron chi connectivity index (χ4n) is 4.01. The van der Waals surface area contributed by atoms with E-state index < -0.39 is 0 Å². The molecule has 4 rings (SSSR count). The van der Waals surface area contributed by atoms with E-state index in [0.717, 1.165) is 58.2 Å². The van der Waals surface area contributed by atoms with Gasteiger partial charge in [0, 0.05) is 30.7 Å². The molecule has 152 valence electrons. The van der Waals surface area contributed by atoms with Crippen molar-refractivity contribution >= 4 is 33.1 Å². The summed E-state index contributed by atoms with van der Waals surface area (Å²) in [6, 6.07) is 6.15. The van der Waals surface area contributed by atoms with Crippen molar-refractivity contribution in [2.45, 2.75) is 33.7 Å². The topological polar surface area (TPSA) is 70.2 Å². The monoisotopic (exact) mass is 409 g/mol. The summed E-state index contributed by atoms with van der Waals surface area (Å²) in [5.74, 6) is 0.819. The SMILES string of the molecule is Cc1nc(C2CN(CC(=O)Nc3c(C)cccc3C)CCN2)c2c(C)csc2n1. The molecule has 1 aliphatic rings. The predicted molar refractivity (Wildman–Crippen MR) is 119 cm³/mol. The van der Waals surface area contributed by atoms with Gasteiger partial charge in [-0.1, -0.05) is 18.2 Å². The summed E-state index contributed by atoms with van der Waals surface area (Å²) in [5.41, 5.74) is 5.36. The third kappa shape index (κ3) is 4.17. The number of nitrogens with zero attached hydrogens (tertiary/aromatic N) is 3. The molecule has 0 saturated carbocycles. The maximum Gasteiger partial charge on any atom is 0.238 e. The smallest absolute Gasteiger partial charge is 0.238 e. The zero-order valence-electron chi connectivity index (χ0n) is 17.4. The minimum atomic E-state index is 0.0266. The molecule has 3 aromatic rings. The van der Waals surface area contributed by atoms with Gasteiger partial charge in [0.15, 0.2) is 0 Å². The third-order valence-electron chi connectivity index (χ3n) is 5.46. The minimum absolute atomic E-state index is 0.0266. The molecule has 2 aromatic heterocycles. The van der Waals surface area contributed by atoms with Crippen LogP contribution in [0.1, 0.15) is 34.3 Å². The summed E-state index contributed by atoms with van der Waals surface area (Å²) in [4.78, 5) is 25.3.